The molecule has 0 nitrogen and oxygen atoms in total. The van der Waals surface area contributed by atoms with E-state index in [1.807, 2.05) is 0 Å². The van der Waals surface area contributed by atoms with Crippen molar-refractivity contribution >= 4 is 17.3 Å². The Kier molecular flexibility index (Phi) is 1.94. The minimum absolute atomic E-state index is 0.757. The number of hydrogen-bond donors (Lipinski definition) is 0. The number of benzene rings is 1. The van der Waals surface area contributed by atoms with Crippen LogP contribution in [0.25, 0.3) is 5.57 Å². The van der Waals surface area contributed by atoms with Crippen LogP contribution < -0.4 is 0 Å². The van der Waals surface area contributed by atoms with Gasteiger partial charge in [0.2, 0.25) is 0 Å². The van der Waals surface area contributed by atoms with Gasteiger partial charge in [-0.1, -0.05) is 36.8 Å². The standard InChI is InChI=1S/C13H14S/c1-9-7-14-8-11-6-10-4-2-3-5-12(10)13(9)11/h2-5,9H,6-8H2,1H3. The molecule has 1 aliphatic heterocycles. The fourth-order valence-corrected chi connectivity index (χ4v) is 3.78. The Labute approximate surface area is 89.4 Å². The molecule has 0 radical (unpaired) electrons. The summed E-state index contributed by atoms with van der Waals surface area (Å²) in [6, 6.07) is 8.91. The zero-order valence-electron chi connectivity index (χ0n) is 8.42. The molecule has 2 aliphatic rings. The quantitative estimate of drug-likeness (QED) is 0.621. The van der Waals surface area contributed by atoms with Crippen molar-refractivity contribution in [2.24, 2.45) is 5.92 Å². The van der Waals surface area contributed by atoms with Crippen LogP contribution in [-0.4, -0.2) is 11.5 Å². The summed E-state index contributed by atoms with van der Waals surface area (Å²) in [6.45, 7) is 2.36. The fraction of sp³-hybridized carbons (Fsp3) is 0.385. The lowest BCUT2D eigenvalue weighted by atomic mass is 9.95. The van der Waals surface area contributed by atoms with E-state index in [2.05, 4.69) is 43.0 Å². The highest BCUT2D eigenvalue weighted by Gasteiger charge is 2.27. The van der Waals surface area contributed by atoms with Crippen LogP contribution in [0.2, 0.25) is 0 Å². The lowest BCUT2D eigenvalue weighted by Crippen LogP contribution is -2.09. The van der Waals surface area contributed by atoms with Gasteiger partial charge in [-0.15, -0.1) is 0 Å². The van der Waals surface area contributed by atoms with Crippen LogP contribution in [0.5, 0.6) is 0 Å². The number of allylic oxidation sites excluding steroid dienone is 1. The number of rotatable bonds is 0. The average Bonchev–Trinajstić information content (AvgIpc) is 2.57. The van der Waals surface area contributed by atoms with E-state index in [0.29, 0.717) is 0 Å². The maximum Gasteiger partial charge on any atom is 0.0153 e. The Hall–Kier alpha value is -0.690. The van der Waals surface area contributed by atoms with Crippen LogP contribution in [0, 0.1) is 5.92 Å². The molecular weight excluding hydrogens is 188 g/mol. The van der Waals surface area contributed by atoms with Gasteiger partial charge in [0.25, 0.3) is 0 Å². The van der Waals surface area contributed by atoms with Gasteiger partial charge in [-0.05, 0) is 29.0 Å². The molecule has 0 fully saturated rings. The maximum absolute atomic E-state index is 2.36. The molecule has 1 aromatic rings. The summed E-state index contributed by atoms with van der Waals surface area (Å²) in [5.74, 6) is 3.31. The van der Waals surface area contributed by atoms with Crippen LogP contribution in [-0.2, 0) is 6.42 Å². The van der Waals surface area contributed by atoms with E-state index in [9.17, 15) is 0 Å². The van der Waals surface area contributed by atoms with Crippen molar-refractivity contribution in [3.05, 3.63) is 41.0 Å². The highest BCUT2D eigenvalue weighted by molar-refractivity contribution is 7.99. The fourth-order valence-electron chi connectivity index (χ4n) is 2.64. The van der Waals surface area contributed by atoms with Gasteiger partial charge < -0.3 is 0 Å². The van der Waals surface area contributed by atoms with Crippen molar-refractivity contribution < 1.29 is 0 Å². The normalized spacial score (nSPS) is 24.8. The van der Waals surface area contributed by atoms with Gasteiger partial charge in [-0.2, -0.15) is 11.8 Å². The lowest BCUT2D eigenvalue weighted by Gasteiger charge is -2.21. The molecule has 0 spiro atoms. The van der Waals surface area contributed by atoms with Gasteiger partial charge >= 0.3 is 0 Å². The SMILES string of the molecule is CC1CSCC2=C1c1ccccc1C2. The number of hydrogen-bond acceptors (Lipinski definition) is 1. The van der Waals surface area contributed by atoms with Crippen LogP contribution >= 0.6 is 11.8 Å². The van der Waals surface area contributed by atoms with Gasteiger partial charge in [0.1, 0.15) is 0 Å². The maximum atomic E-state index is 2.36. The van der Waals surface area contributed by atoms with Crippen molar-refractivity contribution in [3.8, 4) is 0 Å². The van der Waals surface area contributed by atoms with Gasteiger partial charge in [0.05, 0.1) is 0 Å². The molecule has 0 bridgehead atoms. The summed E-state index contributed by atoms with van der Waals surface area (Å²) in [6.07, 6.45) is 1.21. The summed E-state index contributed by atoms with van der Waals surface area (Å²) >= 11 is 2.09. The first-order chi connectivity index (χ1) is 6.86. The molecule has 1 heteroatoms. The predicted molar refractivity (Wildman–Crippen MR) is 63.6 cm³/mol. The Morgan fingerprint density at radius 1 is 1.29 bits per heavy atom. The van der Waals surface area contributed by atoms with Crippen molar-refractivity contribution in [1.29, 1.82) is 0 Å². The number of fused-ring (bicyclic) bond motifs is 2. The molecule has 1 unspecified atom stereocenters. The Morgan fingerprint density at radius 3 is 3.07 bits per heavy atom. The first-order valence-corrected chi connectivity index (χ1v) is 6.39. The molecule has 0 aromatic heterocycles. The highest BCUT2D eigenvalue weighted by atomic mass is 32.2. The van der Waals surface area contributed by atoms with Gasteiger partial charge in [0.15, 0.2) is 0 Å². The second-order valence-corrected chi connectivity index (χ2v) is 5.30. The average molecular weight is 202 g/mol. The molecule has 0 N–H and O–H groups in total. The highest BCUT2D eigenvalue weighted by Crippen LogP contribution is 2.42. The summed E-state index contributed by atoms with van der Waals surface area (Å²) in [7, 11) is 0. The topological polar surface area (TPSA) is 0 Å². The second-order valence-electron chi connectivity index (χ2n) is 4.27. The van der Waals surface area contributed by atoms with E-state index in [4.69, 9.17) is 0 Å². The van der Waals surface area contributed by atoms with Gasteiger partial charge in [-0.3, -0.25) is 0 Å². The third-order valence-electron chi connectivity index (χ3n) is 3.23. The third kappa shape index (κ3) is 1.15. The molecule has 1 heterocycles. The molecule has 1 aliphatic carbocycles. The summed E-state index contributed by atoms with van der Waals surface area (Å²) in [5.41, 5.74) is 6.44. The van der Waals surface area contributed by atoms with Gasteiger partial charge in [0, 0.05) is 11.5 Å². The molecule has 1 atom stereocenters. The van der Waals surface area contributed by atoms with Crippen molar-refractivity contribution in [1.82, 2.24) is 0 Å². The first-order valence-electron chi connectivity index (χ1n) is 5.24. The van der Waals surface area contributed by atoms with E-state index in [-0.39, 0.29) is 0 Å². The Bertz CT molecular complexity index is 403. The van der Waals surface area contributed by atoms with Crippen LogP contribution in [0.4, 0.5) is 0 Å². The molecule has 14 heavy (non-hydrogen) atoms. The second kappa shape index (κ2) is 3.16. The molecule has 0 saturated carbocycles. The molecule has 3 rings (SSSR count). The van der Waals surface area contributed by atoms with E-state index in [1.165, 1.54) is 23.5 Å². The van der Waals surface area contributed by atoms with Crippen molar-refractivity contribution in [3.63, 3.8) is 0 Å². The molecule has 0 amide bonds. The van der Waals surface area contributed by atoms with Gasteiger partial charge in [-0.25, -0.2) is 0 Å². The first kappa shape index (κ1) is 8.60. The smallest absolute Gasteiger partial charge is 0.0153 e. The third-order valence-corrected chi connectivity index (χ3v) is 4.52. The van der Waals surface area contributed by atoms with Crippen LogP contribution in [0.15, 0.2) is 29.8 Å². The van der Waals surface area contributed by atoms with E-state index >= 15 is 0 Å². The minimum Gasteiger partial charge on any atom is -0.157 e. The largest absolute Gasteiger partial charge is 0.157 e. The summed E-state index contributed by atoms with van der Waals surface area (Å²) in [4.78, 5) is 0. The summed E-state index contributed by atoms with van der Waals surface area (Å²) < 4.78 is 0. The number of thioether (sulfide) groups is 1. The zero-order valence-corrected chi connectivity index (χ0v) is 9.23. The molecule has 72 valence electrons. The Balaban J connectivity index is 2.14. The molecule has 0 saturated heterocycles. The lowest BCUT2D eigenvalue weighted by molar-refractivity contribution is 0.858. The Morgan fingerprint density at radius 2 is 2.14 bits per heavy atom. The van der Waals surface area contributed by atoms with Crippen LogP contribution in [0.1, 0.15) is 18.1 Å². The van der Waals surface area contributed by atoms with E-state index < -0.39 is 0 Å². The molecular formula is C13H14S. The van der Waals surface area contributed by atoms with E-state index in [0.717, 1.165) is 5.92 Å². The predicted octanol–water partition coefficient (Wildman–Crippen LogP) is 3.38. The van der Waals surface area contributed by atoms with Crippen molar-refractivity contribution in [2.75, 3.05) is 11.5 Å². The summed E-state index contributed by atoms with van der Waals surface area (Å²) in [5, 5.41) is 0. The minimum atomic E-state index is 0.757. The molecule has 1 aromatic carbocycles. The van der Waals surface area contributed by atoms with Crippen LogP contribution in [0.3, 0.4) is 0 Å². The monoisotopic (exact) mass is 202 g/mol. The zero-order chi connectivity index (χ0) is 9.54. The van der Waals surface area contributed by atoms with Crippen molar-refractivity contribution in [2.45, 2.75) is 13.3 Å². The van der Waals surface area contributed by atoms with E-state index in [1.54, 1.807) is 16.7 Å².